The molecule has 0 saturated carbocycles. The van der Waals surface area contributed by atoms with Gasteiger partial charge < -0.3 is 0 Å². The van der Waals surface area contributed by atoms with Crippen molar-refractivity contribution in [2.75, 3.05) is 7.05 Å². The molecule has 0 amide bonds. The maximum absolute atomic E-state index is 4.13. The fourth-order valence-electron chi connectivity index (χ4n) is 1.75. The minimum Gasteiger partial charge on any atom is -0.192 e. The van der Waals surface area contributed by atoms with E-state index in [0.29, 0.717) is 0 Å². The summed E-state index contributed by atoms with van der Waals surface area (Å²) in [5.41, 5.74) is 5.74. The molecule has 0 atom stereocenters. The lowest BCUT2D eigenvalue weighted by molar-refractivity contribution is 1.15. The summed E-state index contributed by atoms with van der Waals surface area (Å²) in [6.07, 6.45) is 0. The molecule has 0 saturated heterocycles. The first kappa shape index (κ1) is 11.5. The maximum atomic E-state index is 4.13. The van der Waals surface area contributed by atoms with Gasteiger partial charge in [0.1, 0.15) is 0 Å². The van der Waals surface area contributed by atoms with Gasteiger partial charge in [0.05, 0.1) is 5.69 Å². The van der Waals surface area contributed by atoms with Crippen molar-refractivity contribution in [1.29, 1.82) is 0 Å². The van der Waals surface area contributed by atoms with Crippen molar-refractivity contribution in [3.05, 3.63) is 53.6 Å². The molecule has 2 aromatic rings. The monoisotopic (exact) mass is 224 g/mol. The van der Waals surface area contributed by atoms with Crippen molar-refractivity contribution in [2.24, 2.45) is 10.2 Å². The standard InChI is InChI=1S/C15H16N2/c1-11-4-7-13(8-5-11)14-9-6-12(2)15(10-14)17-16-3/h4-10H,1-3H3. The average Bonchev–Trinajstić information content (AvgIpc) is 2.33. The van der Waals surface area contributed by atoms with Crippen molar-refractivity contribution in [3.63, 3.8) is 0 Å². The quantitative estimate of drug-likeness (QED) is 0.661. The lowest BCUT2D eigenvalue weighted by Crippen LogP contribution is -1.80. The number of aryl methyl sites for hydroxylation is 2. The highest BCUT2D eigenvalue weighted by molar-refractivity contribution is 5.68. The zero-order chi connectivity index (χ0) is 12.3. The predicted octanol–water partition coefficient (Wildman–Crippen LogP) is 4.68. The molecular formula is C15H16N2. The zero-order valence-corrected chi connectivity index (χ0v) is 10.4. The molecule has 0 aromatic heterocycles. The van der Waals surface area contributed by atoms with Gasteiger partial charge in [-0.25, -0.2) is 0 Å². The maximum Gasteiger partial charge on any atom is 0.0887 e. The van der Waals surface area contributed by atoms with Crippen LogP contribution in [0.25, 0.3) is 11.1 Å². The molecule has 0 aliphatic carbocycles. The van der Waals surface area contributed by atoms with Gasteiger partial charge in [-0.1, -0.05) is 42.0 Å². The number of azo groups is 1. The second-order valence-electron chi connectivity index (χ2n) is 4.17. The summed E-state index contributed by atoms with van der Waals surface area (Å²) in [5.74, 6) is 0. The third-order valence-corrected chi connectivity index (χ3v) is 2.80. The highest BCUT2D eigenvalue weighted by Gasteiger charge is 2.01. The molecule has 2 heteroatoms. The summed E-state index contributed by atoms with van der Waals surface area (Å²) in [6, 6.07) is 14.8. The molecule has 86 valence electrons. The Hall–Kier alpha value is -1.96. The van der Waals surface area contributed by atoms with Gasteiger partial charge in [0, 0.05) is 7.05 Å². The van der Waals surface area contributed by atoms with Crippen LogP contribution in [0.5, 0.6) is 0 Å². The van der Waals surface area contributed by atoms with E-state index in [1.54, 1.807) is 7.05 Å². The molecule has 0 bridgehead atoms. The number of hydrogen-bond acceptors (Lipinski definition) is 2. The molecule has 0 aliphatic rings. The second kappa shape index (κ2) is 4.91. The SMILES string of the molecule is CN=Nc1cc(-c2ccc(C)cc2)ccc1C. The highest BCUT2D eigenvalue weighted by Crippen LogP contribution is 2.27. The van der Waals surface area contributed by atoms with Crippen LogP contribution in [0.1, 0.15) is 11.1 Å². The van der Waals surface area contributed by atoms with Crippen LogP contribution in [0.15, 0.2) is 52.7 Å². The predicted molar refractivity (Wildman–Crippen MR) is 71.8 cm³/mol. The van der Waals surface area contributed by atoms with Gasteiger partial charge in [-0.05, 0) is 36.6 Å². The minimum absolute atomic E-state index is 0.936. The molecule has 0 fully saturated rings. The van der Waals surface area contributed by atoms with Crippen LogP contribution >= 0.6 is 0 Å². The van der Waals surface area contributed by atoms with Crippen molar-refractivity contribution in [1.82, 2.24) is 0 Å². The van der Waals surface area contributed by atoms with Gasteiger partial charge in [-0.15, -0.1) is 0 Å². The van der Waals surface area contributed by atoms with Crippen molar-refractivity contribution in [3.8, 4) is 11.1 Å². The highest BCUT2D eigenvalue weighted by atomic mass is 15.1. The Labute approximate surface area is 102 Å². The second-order valence-corrected chi connectivity index (χ2v) is 4.17. The molecule has 0 aliphatic heterocycles. The molecule has 2 aromatic carbocycles. The van der Waals surface area contributed by atoms with Gasteiger partial charge in [-0.2, -0.15) is 10.2 Å². The van der Waals surface area contributed by atoms with E-state index < -0.39 is 0 Å². The fourth-order valence-corrected chi connectivity index (χ4v) is 1.75. The summed E-state index contributed by atoms with van der Waals surface area (Å²) >= 11 is 0. The average molecular weight is 224 g/mol. The summed E-state index contributed by atoms with van der Waals surface area (Å²) in [7, 11) is 1.69. The minimum atomic E-state index is 0.936. The van der Waals surface area contributed by atoms with Crippen LogP contribution in [0.2, 0.25) is 0 Å². The Kier molecular flexibility index (Phi) is 3.33. The molecule has 2 nitrogen and oxygen atoms in total. The lowest BCUT2D eigenvalue weighted by atomic mass is 10.0. The number of benzene rings is 2. The van der Waals surface area contributed by atoms with E-state index in [1.807, 2.05) is 6.92 Å². The number of hydrogen-bond donors (Lipinski definition) is 0. The molecule has 0 N–H and O–H groups in total. The molecule has 0 spiro atoms. The third-order valence-electron chi connectivity index (χ3n) is 2.80. The van der Waals surface area contributed by atoms with Crippen molar-refractivity contribution >= 4 is 5.69 Å². The third kappa shape index (κ3) is 2.59. The molecule has 17 heavy (non-hydrogen) atoms. The number of rotatable bonds is 2. The van der Waals surface area contributed by atoms with Crippen LogP contribution in [0, 0.1) is 13.8 Å². The van der Waals surface area contributed by atoms with Gasteiger partial charge in [0.15, 0.2) is 0 Å². The molecule has 0 heterocycles. The van der Waals surface area contributed by atoms with Gasteiger partial charge in [0.2, 0.25) is 0 Å². The first-order valence-electron chi connectivity index (χ1n) is 5.68. The van der Waals surface area contributed by atoms with E-state index >= 15 is 0 Å². The van der Waals surface area contributed by atoms with Crippen LogP contribution in [-0.2, 0) is 0 Å². The molecular weight excluding hydrogens is 208 g/mol. The van der Waals surface area contributed by atoms with E-state index in [-0.39, 0.29) is 0 Å². The van der Waals surface area contributed by atoms with Crippen molar-refractivity contribution < 1.29 is 0 Å². The van der Waals surface area contributed by atoms with Gasteiger partial charge in [0.25, 0.3) is 0 Å². The van der Waals surface area contributed by atoms with Crippen LogP contribution < -0.4 is 0 Å². The van der Waals surface area contributed by atoms with E-state index in [0.717, 1.165) is 11.3 Å². The summed E-state index contributed by atoms with van der Waals surface area (Å²) in [5, 5.41) is 7.98. The molecule has 2 rings (SSSR count). The summed E-state index contributed by atoms with van der Waals surface area (Å²) in [6.45, 7) is 4.14. The first-order valence-corrected chi connectivity index (χ1v) is 5.68. The topological polar surface area (TPSA) is 24.7 Å². The lowest BCUT2D eigenvalue weighted by Gasteiger charge is -2.05. The summed E-state index contributed by atoms with van der Waals surface area (Å²) < 4.78 is 0. The van der Waals surface area contributed by atoms with Crippen molar-refractivity contribution in [2.45, 2.75) is 13.8 Å². The van der Waals surface area contributed by atoms with E-state index in [1.165, 1.54) is 16.7 Å². The largest absolute Gasteiger partial charge is 0.192 e. The smallest absolute Gasteiger partial charge is 0.0887 e. The van der Waals surface area contributed by atoms with E-state index in [9.17, 15) is 0 Å². The number of nitrogens with zero attached hydrogens (tertiary/aromatic N) is 2. The van der Waals surface area contributed by atoms with Crippen LogP contribution in [0.4, 0.5) is 5.69 Å². The Bertz CT molecular complexity index is 539. The zero-order valence-electron chi connectivity index (χ0n) is 10.4. The van der Waals surface area contributed by atoms with Gasteiger partial charge in [-0.3, -0.25) is 0 Å². The Morgan fingerprint density at radius 1 is 0.824 bits per heavy atom. The molecule has 0 radical (unpaired) electrons. The Morgan fingerprint density at radius 2 is 1.47 bits per heavy atom. The van der Waals surface area contributed by atoms with E-state index in [4.69, 9.17) is 0 Å². The van der Waals surface area contributed by atoms with Gasteiger partial charge >= 0.3 is 0 Å². The van der Waals surface area contributed by atoms with E-state index in [2.05, 4.69) is 59.6 Å². The Balaban J connectivity index is 2.46. The fraction of sp³-hybridized carbons (Fsp3) is 0.200. The van der Waals surface area contributed by atoms with Crippen LogP contribution in [-0.4, -0.2) is 7.05 Å². The summed E-state index contributed by atoms with van der Waals surface area (Å²) in [4.78, 5) is 0. The normalized spacial score (nSPS) is 11.0. The Morgan fingerprint density at radius 3 is 2.12 bits per heavy atom. The van der Waals surface area contributed by atoms with Crippen LogP contribution in [0.3, 0.4) is 0 Å². The first-order chi connectivity index (χ1) is 8.20. The molecule has 0 unspecified atom stereocenters.